The summed E-state index contributed by atoms with van der Waals surface area (Å²) in [5.41, 5.74) is -0.336. The summed E-state index contributed by atoms with van der Waals surface area (Å²) in [6.45, 7) is 9.33. The molecule has 0 aromatic heterocycles. The summed E-state index contributed by atoms with van der Waals surface area (Å²) < 4.78 is 25.9. The van der Waals surface area contributed by atoms with Crippen molar-refractivity contribution in [2.45, 2.75) is 45.7 Å². The van der Waals surface area contributed by atoms with Crippen molar-refractivity contribution in [1.82, 2.24) is 9.62 Å². The van der Waals surface area contributed by atoms with Crippen LogP contribution < -0.4 is 5.32 Å². The van der Waals surface area contributed by atoms with Gasteiger partial charge in [0.25, 0.3) is 0 Å². The van der Waals surface area contributed by atoms with Crippen LogP contribution in [0.25, 0.3) is 0 Å². The summed E-state index contributed by atoms with van der Waals surface area (Å²) in [5, 5.41) is 3.27. The van der Waals surface area contributed by atoms with Crippen molar-refractivity contribution in [2.24, 2.45) is 0 Å². The molecule has 0 radical (unpaired) electrons. The Labute approximate surface area is 93.1 Å². The molecule has 1 saturated heterocycles. The molecule has 1 rings (SSSR count). The Morgan fingerprint density at radius 1 is 1.33 bits per heavy atom. The van der Waals surface area contributed by atoms with Crippen molar-refractivity contribution < 1.29 is 8.42 Å². The molecule has 5 heteroatoms. The summed E-state index contributed by atoms with van der Waals surface area (Å²) in [4.78, 5) is 0. The molecule has 0 bridgehead atoms. The lowest BCUT2D eigenvalue weighted by atomic mass is 10.1. The van der Waals surface area contributed by atoms with Crippen LogP contribution in [0.5, 0.6) is 0 Å². The van der Waals surface area contributed by atoms with Gasteiger partial charge in [-0.25, -0.2) is 8.42 Å². The smallest absolute Gasteiger partial charge is 0.214 e. The average molecular weight is 234 g/mol. The second kappa shape index (κ2) is 4.39. The van der Waals surface area contributed by atoms with Gasteiger partial charge in [0.15, 0.2) is 0 Å². The van der Waals surface area contributed by atoms with Crippen LogP contribution in [0.15, 0.2) is 0 Å². The summed E-state index contributed by atoms with van der Waals surface area (Å²) in [6, 6.07) is 0.0234. The minimum atomic E-state index is -3.10. The zero-order valence-corrected chi connectivity index (χ0v) is 10.9. The van der Waals surface area contributed by atoms with Gasteiger partial charge in [0.1, 0.15) is 0 Å². The minimum absolute atomic E-state index is 0.0234. The first-order valence-electron chi connectivity index (χ1n) is 5.48. The Hall–Kier alpha value is -0.130. The van der Waals surface area contributed by atoms with Crippen LogP contribution in [0, 0.1) is 0 Å². The molecular weight excluding hydrogens is 212 g/mol. The highest BCUT2D eigenvalue weighted by atomic mass is 32.2. The van der Waals surface area contributed by atoms with Crippen molar-refractivity contribution in [3.8, 4) is 0 Å². The maximum Gasteiger partial charge on any atom is 0.214 e. The van der Waals surface area contributed by atoms with Gasteiger partial charge in [-0.2, -0.15) is 4.31 Å². The van der Waals surface area contributed by atoms with E-state index in [1.807, 2.05) is 27.7 Å². The van der Waals surface area contributed by atoms with E-state index < -0.39 is 10.0 Å². The number of nitrogens with zero attached hydrogens (tertiary/aromatic N) is 1. The zero-order valence-electron chi connectivity index (χ0n) is 10.1. The van der Waals surface area contributed by atoms with Crippen molar-refractivity contribution >= 4 is 10.0 Å². The van der Waals surface area contributed by atoms with Crippen molar-refractivity contribution in [1.29, 1.82) is 0 Å². The first kappa shape index (κ1) is 12.9. The third kappa shape index (κ3) is 3.16. The Kier molecular flexibility index (Phi) is 3.79. The fourth-order valence-corrected chi connectivity index (χ4v) is 4.39. The quantitative estimate of drug-likeness (QED) is 0.674. The highest BCUT2D eigenvalue weighted by Crippen LogP contribution is 2.23. The van der Waals surface area contributed by atoms with Gasteiger partial charge in [-0.1, -0.05) is 0 Å². The van der Waals surface area contributed by atoms with Crippen LogP contribution in [0.1, 0.15) is 34.1 Å². The van der Waals surface area contributed by atoms with E-state index in [1.54, 1.807) is 4.31 Å². The van der Waals surface area contributed by atoms with Crippen LogP contribution in [0.3, 0.4) is 0 Å². The molecule has 0 aromatic rings. The van der Waals surface area contributed by atoms with Crippen molar-refractivity contribution in [3.05, 3.63) is 0 Å². The van der Waals surface area contributed by atoms with Gasteiger partial charge in [0, 0.05) is 18.1 Å². The Morgan fingerprint density at radius 2 is 1.93 bits per heavy atom. The van der Waals surface area contributed by atoms with Gasteiger partial charge in [-0.05, 0) is 40.7 Å². The molecule has 1 atom stereocenters. The van der Waals surface area contributed by atoms with Crippen LogP contribution >= 0.6 is 0 Å². The molecule has 1 aliphatic rings. The monoisotopic (exact) mass is 234 g/mol. The number of rotatable bonds is 0. The second-order valence-electron chi connectivity index (χ2n) is 5.19. The first-order chi connectivity index (χ1) is 6.75. The van der Waals surface area contributed by atoms with Crippen LogP contribution in [-0.4, -0.2) is 43.1 Å². The normalized spacial score (nSPS) is 29.5. The van der Waals surface area contributed by atoms with Gasteiger partial charge < -0.3 is 5.32 Å². The highest BCUT2D eigenvalue weighted by molar-refractivity contribution is 7.89. The molecule has 0 amide bonds. The molecule has 0 saturated carbocycles. The summed E-state index contributed by atoms with van der Waals surface area (Å²) in [6.07, 6.45) is 0.696. The molecule has 4 nitrogen and oxygen atoms in total. The molecule has 1 aliphatic heterocycles. The lowest BCUT2D eigenvalue weighted by molar-refractivity contribution is 0.193. The third-order valence-electron chi connectivity index (χ3n) is 2.56. The highest BCUT2D eigenvalue weighted by Gasteiger charge is 2.36. The molecule has 15 heavy (non-hydrogen) atoms. The van der Waals surface area contributed by atoms with E-state index in [1.165, 1.54) is 0 Å². The topological polar surface area (TPSA) is 49.4 Å². The predicted octanol–water partition coefficient (Wildman–Crippen LogP) is 0.798. The fourth-order valence-electron chi connectivity index (χ4n) is 2.22. The predicted molar refractivity (Wildman–Crippen MR) is 62.3 cm³/mol. The van der Waals surface area contributed by atoms with E-state index >= 15 is 0 Å². The van der Waals surface area contributed by atoms with Gasteiger partial charge in [0.2, 0.25) is 10.0 Å². The molecule has 0 aromatic carbocycles. The molecule has 1 fully saturated rings. The molecule has 1 N–H and O–H groups in total. The molecule has 1 unspecified atom stereocenters. The van der Waals surface area contributed by atoms with E-state index in [4.69, 9.17) is 0 Å². The number of sulfonamides is 1. The van der Waals surface area contributed by atoms with E-state index in [2.05, 4.69) is 5.32 Å². The number of nitrogens with one attached hydrogen (secondary N) is 1. The van der Waals surface area contributed by atoms with Crippen molar-refractivity contribution in [2.75, 3.05) is 18.8 Å². The summed E-state index contributed by atoms with van der Waals surface area (Å²) in [5.74, 6) is 0.252. The van der Waals surface area contributed by atoms with Gasteiger partial charge >= 0.3 is 0 Å². The maximum absolute atomic E-state index is 12.1. The maximum atomic E-state index is 12.1. The Morgan fingerprint density at radius 3 is 2.47 bits per heavy atom. The van der Waals surface area contributed by atoms with Crippen LogP contribution in [0.4, 0.5) is 0 Å². The van der Waals surface area contributed by atoms with Gasteiger partial charge in [-0.3, -0.25) is 0 Å². The Bertz CT molecular complexity index is 306. The zero-order chi connectivity index (χ0) is 11.7. The number of hydrogen-bond acceptors (Lipinski definition) is 3. The van der Waals surface area contributed by atoms with Gasteiger partial charge in [0.05, 0.1) is 5.75 Å². The largest absolute Gasteiger partial charge is 0.315 e. The molecule has 90 valence electrons. The SMILES string of the molecule is CC1CNCCCS(=O)(=O)N1C(C)(C)C. The first-order valence-corrected chi connectivity index (χ1v) is 7.09. The lowest BCUT2D eigenvalue weighted by Crippen LogP contribution is -2.55. The summed E-state index contributed by atoms with van der Waals surface area (Å²) >= 11 is 0. The molecule has 0 aliphatic carbocycles. The molecular formula is C10H22N2O2S. The van der Waals surface area contributed by atoms with Crippen LogP contribution in [0.2, 0.25) is 0 Å². The lowest BCUT2D eigenvalue weighted by Gasteiger charge is -2.40. The third-order valence-corrected chi connectivity index (χ3v) is 4.87. The summed E-state index contributed by atoms with van der Waals surface area (Å²) in [7, 11) is -3.10. The Balaban J connectivity index is 3.01. The van der Waals surface area contributed by atoms with E-state index in [9.17, 15) is 8.42 Å². The number of hydrogen-bond donors (Lipinski definition) is 1. The van der Waals surface area contributed by atoms with E-state index in [0.29, 0.717) is 6.42 Å². The molecule has 1 heterocycles. The van der Waals surface area contributed by atoms with Gasteiger partial charge in [-0.15, -0.1) is 0 Å². The average Bonchev–Trinajstić information content (AvgIpc) is 1.97. The van der Waals surface area contributed by atoms with E-state index in [0.717, 1.165) is 13.1 Å². The van der Waals surface area contributed by atoms with Crippen LogP contribution in [-0.2, 0) is 10.0 Å². The van der Waals surface area contributed by atoms with E-state index in [-0.39, 0.29) is 17.3 Å². The standard InChI is InChI=1S/C10H22N2O2S/c1-9-8-11-6-5-7-15(13,14)12(9)10(2,3)4/h9,11H,5-8H2,1-4H3. The van der Waals surface area contributed by atoms with Crippen molar-refractivity contribution in [3.63, 3.8) is 0 Å². The molecule has 0 spiro atoms. The second-order valence-corrected chi connectivity index (χ2v) is 7.15. The minimum Gasteiger partial charge on any atom is -0.315 e. The fraction of sp³-hybridized carbons (Fsp3) is 1.00.